The van der Waals surface area contributed by atoms with Crippen LogP contribution in [-0.4, -0.2) is 32.0 Å². The van der Waals surface area contributed by atoms with Crippen LogP contribution in [0.5, 0.6) is 0 Å². The van der Waals surface area contributed by atoms with Gasteiger partial charge >= 0.3 is 6.09 Å². The molecule has 0 aliphatic carbocycles. The Morgan fingerprint density at radius 2 is 2.50 bits per heavy atom. The number of alkyl carbamates (subject to hydrolysis) is 1. The van der Waals surface area contributed by atoms with Crippen LogP contribution in [0.2, 0.25) is 0 Å². The highest BCUT2D eigenvalue weighted by Crippen LogP contribution is 2.21. The predicted molar refractivity (Wildman–Crippen MR) is 44.0 cm³/mol. The van der Waals surface area contributed by atoms with Crippen molar-refractivity contribution in [3.05, 3.63) is 0 Å². The van der Waals surface area contributed by atoms with Crippen LogP contribution in [0.15, 0.2) is 0 Å². The van der Waals surface area contributed by atoms with Gasteiger partial charge in [0, 0.05) is 6.61 Å². The number of nitrogens with one attached hydrogen (secondary N) is 1. The molecule has 0 radical (unpaired) electrons. The Morgan fingerprint density at radius 3 is 2.92 bits per heavy atom. The molecule has 1 saturated heterocycles. The first-order valence-electron chi connectivity index (χ1n) is 4.16. The topological polar surface area (TPSA) is 47.6 Å². The minimum atomic E-state index is -0.373. The van der Waals surface area contributed by atoms with E-state index >= 15 is 0 Å². The van der Waals surface area contributed by atoms with Crippen LogP contribution >= 0.6 is 0 Å². The molecule has 1 atom stereocenters. The van der Waals surface area contributed by atoms with E-state index in [1.165, 1.54) is 7.11 Å². The molecule has 0 bridgehead atoms. The minimum absolute atomic E-state index is 0.187. The van der Waals surface area contributed by atoms with Crippen LogP contribution in [0.4, 0.5) is 4.79 Å². The van der Waals surface area contributed by atoms with E-state index in [0.717, 1.165) is 19.4 Å². The number of hydrogen-bond acceptors (Lipinski definition) is 3. The summed E-state index contributed by atoms with van der Waals surface area (Å²) in [6, 6.07) is 0. The first-order valence-corrected chi connectivity index (χ1v) is 4.16. The highest BCUT2D eigenvalue weighted by molar-refractivity contribution is 5.68. The average molecular weight is 173 g/mol. The number of carbonyl (C=O) groups is 1. The summed E-state index contributed by atoms with van der Waals surface area (Å²) in [5, 5.41) is 2.81. The monoisotopic (exact) mass is 173 g/mol. The van der Waals surface area contributed by atoms with Crippen molar-refractivity contribution in [2.24, 2.45) is 0 Å². The summed E-state index contributed by atoms with van der Waals surface area (Å²) >= 11 is 0. The van der Waals surface area contributed by atoms with Crippen molar-refractivity contribution in [2.45, 2.75) is 25.3 Å². The lowest BCUT2D eigenvalue weighted by molar-refractivity contribution is 0.137. The van der Waals surface area contributed by atoms with Gasteiger partial charge in [0.1, 0.15) is 0 Å². The second-order valence-electron chi connectivity index (χ2n) is 3.05. The molecule has 1 heterocycles. The van der Waals surface area contributed by atoms with Gasteiger partial charge in [-0.2, -0.15) is 0 Å². The summed E-state index contributed by atoms with van der Waals surface area (Å²) in [5.74, 6) is 0. The zero-order valence-corrected chi connectivity index (χ0v) is 7.55. The van der Waals surface area contributed by atoms with Gasteiger partial charge in [0.05, 0.1) is 19.3 Å². The first-order chi connectivity index (χ1) is 5.72. The molecule has 1 aliphatic heterocycles. The van der Waals surface area contributed by atoms with Crippen molar-refractivity contribution in [3.63, 3.8) is 0 Å². The van der Waals surface area contributed by atoms with Crippen molar-refractivity contribution in [3.8, 4) is 0 Å². The Balaban J connectivity index is 2.49. The Hall–Kier alpha value is -0.770. The fourth-order valence-corrected chi connectivity index (χ4v) is 1.34. The number of methoxy groups -OCH3 is 1. The Labute approximate surface area is 72.2 Å². The lowest BCUT2D eigenvalue weighted by atomic mass is 9.96. The molecule has 0 spiro atoms. The van der Waals surface area contributed by atoms with Crippen LogP contribution in [0, 0.1) is 0 Å². The summed E-state index contributed by atoms with van der Waals surface area (Å²) in [7, 11) is 1.37. The highest BCUT2D eigenvalue weighted by Gasteiger charge is 2.34. The molecule has 70 valence electrons. The van der Waals surface area contributed by atoms with Gasteiger partial charge in [-0.1, -0.05) is 6.92 Å². The molecular weight excluding hydrogens is 158 g/mol. The van der Waals surface area contributed by atoms with E-state index in [4.69, 9.17) is 4.74 Å². The molecule has 12 heavy (non-hydrogen) atoms. The van der Waals surface area contributed by atoms with E-state index in [9.17, 15) is 4.79 Å². The molecule has 0 saturated carbocycles. The van der Waals surface area contributed by atoms with E-state index in [2.05, 4.69) is 10.1 Å². The third kappa shape index (κ3) is 1.88. The molecule has 0 aromatic heterocycles. The molecule has 0 aromatic carbocycles. The van der Waals surface area contributed by atoms with Gasteiger partial charge in [-0.3, -0.25) is 0 Å². The zero-order chi connectivity index (χ0) is 9.03. The summed E-state index contributed by atoms with van der Waals surface area (Å²) in [4.78, 5) is 10.9. The fourth-order valence-electron chi connectivity index (χ4n) is 1.34. The number of hydrogen-bond donors (Lipinski definition) is 1. The van der Waals surface area contributed by atoms with Crippen molar-refractivity contribution in [2.75, 3.05) is 20.3 Å². The largest absolute Gasteiger partial charge is 0.453 e. The van der Waals surface area contributed by atoms with Crippen LogP contribution in [0.25, 0.3) is 0 Å². The molecule has 1 aliphatic rings. The second-order valence-corrected chi connectivity index (χ2v) is 3.05. The summed E-state index contributed by atoms with van der Waals surface area (Å²) in [6.45, 7) is 3.35. The van der Waals surface area contributed by atoms with Gasteiger partial charge in [-0.05, 0) is 12.8 Å². The molecule has 4 nitrogen and oxygen atoms in total. The van der Waals surface area contributed by atoms with Crippen molar-refractivity contribution < 1.29 is 14.3 Å². The molecular formula is C8H15NO3. The van der Waals surface area contributed by atoms with Gasteiger partial charge in [-0.15, -0.1) is 0 Å². The van der Waals surface area contributed by atoms with Gasteiger partial charge in [0.2, 0.25) is 0 Å². The minimum Gasteiger partial charge on any atom is -0.453 e. The molecule has 0 aromatic rings. The number of amides is 1. The van der Waals surface area contributed by atoms with E-state index in [1.54, 1.807) is 0 Å². The summed E-state index contributed by atoms with van der Waals surface area (Å²) in [6.07, 6.45) is 1.38. The van der Waals surface area contributed by atoms with Crippen molar-refractivity contribution >= 4 is 6.09 Å². The maximum absolute atomic E-state index is 10.9. The van der Waals surface area contributed by atoms with Gasteiger partial charge in [0.15, 0.2) is 0 Å². The number of ether oxygens (including phenoxy) is 2. The fraction of sp³-hybridized carbons (Fsp3) is 0.875. The van der Waals surface area contributed by atoms with Gasteiger partial charge in [0.25, 0.3) is 0 Å². The first kappa shape index (κ1) is 9.32. The third-order valence-corrected chi connectivity index (χ3v) is 2.33. The third-order valence-electron chi connectivity index (χ3n) is 2.33. The molecule has 1 amide bonds. The van der Waals surface area contributed by atoms with E-state index in [1.807, 2.05) is 6.92 Å². The van der Waals surface area contributed by atoms with Crippen LogP contribution in [0.1, 0.15) is 19.8 Å². The van der Waals surface area contributed by atoms with Crippen LogP contribution in [0.3, 0.4) is 0 Å². The quantitative estimate of drug-likeness (QED) is 0.675. The van der Waals surface area contributed by atoms with E-state index in [0.29, 0.717) is 6.61 Å². The molecule has 4 heteroatoms. The smallest absolute Gasteiger partial charge is 0.407 e. The summed E-state index contributed by atoms with van der Waals surface area (Å²) in [5.41, 5.74) is -0.187. The molecule has 1 rings (SSSR count). The van der Waals surface area contributed by atoms with Gasteiger partial charge in [-0.25, -0.2) is 4.79 Å². The number of rotatable bonds is 2. The van der Waals surface area contributed by atoms with Gasteiger partial charge < -0.3 is 14.8 Å². The SMILES string of the molecule is CCC1(NC(=O)OC)CCOC1. The predicted octanol–water partition coefficient (Wildman–Crippen LogP) is 0.911. The standard InChI is InChI=1S/C8H15NO3/c1-3-8(4-5-12-6-8)9-7(10)11-2/h3-6H2,1-2H3,(H,9,10). The lowest BCUT2D eigenvalue weighted by Crippen LogP contribution is -2.48. The Kier molecular flexibility index (Phi) is 2.92. The molecule has 1 unspecified atom stereocenters. The average Bonchev–Trinajstić information content (AvgIpc) is 2.54. The Morgan fingerprint density at radius 1 is 1.75 bits per heavy atom. The Bertz CT molecular complexity index is 164. The zero-order valence-electron chi connectivity index (χ0n) is 7.55. The normalized spacial score (nSPS) is 28.5. The second kappa shape index (κ2) is 3.76. The maximum Gasteiger partial charge on any atom is 0.407 e. The summed E-state index contributed by atoms with van der Waals surface area (Å²) < 4.78 is 9.76. The van der Waals surface area contributed by atoms with E-state index in [-0.39, 0.29) is 11.6 Å². The number of carbonyl (C=O) groups excluding carboxylic acids is 1. The highest BCUT2D eigenvalue weighted by atomic mass is 16.5. The van der Waals surface area contributed by atoms with Crippen molar-refractivity contribution in [1.82, 2.24) is 5.32 Å². The molecule has 1 fully saturated rings. The van der Waals surface area contributed by atoms with E-state index < -0.39 is 0 Å². The maximum atomic E-state index is 10.9. The molecule has 1 N–H and O–H groups in total. The van der Waals surface area contributed by atoms with Crippen LogP contribution in [-0.2, 0) is 9.47 Å². The lowest BCUT2D eigenvalue weighted by Gasteiger charge is -2.25. The van der Waals surface area contributed by atoms with Crippen LogP contribution < -0.4 is 5.32 Å². The van der Waals surface area contributed by atoms with Crippen molar-refractivity contribution in [1.29, 1.82) is 0 Å².